The molecule has 0 nitrogen and oxygen atoms in total. The van der Waals surface area contributed by atoms with Crippen molar-refractivity contribution in [1.82, 2.24) is 0 Å². The summed E-state index contributed by atoms with van der Waals surface area (Å²) in [5.41, 5.74) is 1.39. The second-order valence-electron chi connectivity index (χ2n) is 7.01. The summed E-state index contributed by atoms with van der Waals surface area (Å²) < 4.78 is 0. The zero-order valence-corrected chi connectivity index (χ0v) is 17.0. The van der Waals surface area contributed by atoms with Crippen molar-refractivity contribution in [2.45, 2.75) is 111 Å². The summed E-state index contributed by atoms with van der Waals surface area (Å²) >= 11 is 0. The highest BCUT2D eigenvalue weighted by Crippen LogP contribution is 2.25. The lowest BCUT2D eigenvalue weighted by Crippen LogP contribution is -2.07. The Morgan fingerprint density at radius 3 is 1.75 bits per heavy atom. The van der Waals surface area contributed by atoms with Crippen molar-refractivity contribution in [2.24, 2.45) is 0 Å². The van der Waals surface area contributed by atoms with Crippen LogP contribution in [0.3, 0.4) is 0 Å². The molecule has 0 unspecified atom stereocenters. The van der Waals surface area contributed by atoms with Gasteiger partial charge in [-0.25, -0.2) is 0 Å². The van der Waals surface area contributed by atoms with E-state index in [2.05, 4.69) is 65.4 Å². The minimum absolute atomic E-state index is 0.759. The molecule has 1 radical (unpaired) electrons. The lowest BCUT2D eigenvalue weighted by molar-refractivity contribution is 0.540. The number of rotatable bonds is 16. The highest BCUT2D eigenvalue weighted by molar-refractivity contribution is 6.48. The van der Waals surface area contributed by atoms with E-state index in [0.29, 0.717) is 0 Å². The maximum atomic E-state index is 2.53. The van der Waals surface area contributed by atoms with Crippen molar-refractivity contribution in [3.05, 3.63) is 35.9 Å². The molecule has 0 atom stereocenters. The van der Waals surface area contributed by atoms with Crippen LogP contribution in [-0.4, -0.2) is 7.28 Å². The van der Waals surface area contributed by atoms with E-state index >= 15 is 0 Å². The van der Waals surface area contributed by atoms with Crippen LogP contribution >= 0.6 is 0 Å². The van der Waals surface area contributed by atoms with E-state index in [9.17, 15) is 0 Å². The molecule has 0 bridgehead atoms. The van der Waals surface area contributed by atoms with Crippen LogP contribution in [0.2, 0.25) is 5.82 Å². The van der Waals surface area contributed by atoms with Crippen LogP contribution in [0.25, 0.3) is 0 Å². The Labute approximate surface area is 154 Å². The molecular formula is C23H42B. The van der Waals surface area contributed by atoms with E-state index in [1.807, 2.05) is 0 Å². The Hall–Kier alpha value is -0.715. The summed E-state index contributed by atoms with van der Waals surface area (Å²) in [6.45, 7) is 8.81. The van der Waals surface area contributed by atoms with Gasteiger partial charge in [0.1, 0.15) is 0 Å². The van der Waals surface area contributed by atoms with E-state index in [4.69, 9.17) is 0 Å². The molecule has 0 saturated carbocycles. The summed E-state index contributed by atoms with van der Waals surface area (Å²) in [5.74, 6) is 0.759. The average Bonchev–Trinajstić information content (AvgIpc) is 2.60. The molecule has 0 aromatic heterocycles. The van der Waals surface area contributed by atoms with Crippen molar-refractivity contribution in [3.63, 3.8) is 0 Å². The van der Waals surface area contributed by atoms with E-state index in [1.54, 1.807) is 0 Å². The van der Waals surface area contributed by atoms with Crippen LogP contribution < -0.4 is 0 Å². The first kappa shape index (κ1) is 23.3. The van der Waals surface area contributed by atoms with Crippen molar-refractivity contribution in [2.75, 3.05) is 0 Å². The molecule has 0 aromatic rings. The minimum atomic E-state index is 0.759. The zero-order valence-electron chi connectivity index (χ0n) is 17.0. The van der Waals surface area contributed by atoms with Crippen molar-refractivity contribution in [3.8, 4) is 0 Å². The predicted octanol–water partition coefficient (Wildman–Crippen LogP) is 8.24. The van der Waals surface area contributed by atoms with Gasteiger partial charge in [-0.15, -0.1) is 0 Å². The number of unbranched alkanes of at least 4 members (excludes halogenated alkanes) is 8. The lowest BCUT2D eigenvalue weighted by Gasteiger charge is -2.16. The van der Waals surface area contributed by atoms with Gasteiger partial charge in [0.05, 0.1) is 0 Å². The second kappa shape index (κ2) is 18.6. The predicted molar refractivity (Wildman–Crippen MR) is 114 cm³/mol. The maximum absolute atomic E-state index is 2.53. The highest BCUT2D eigenvalue weighted by atomic mass is 14.1. The van der Waals surface area contributed by atoms with Crippen LogP contribution in [0.5, 0.6) is 0 Å². The Morgan fingerprint density at radius 2 is 1.29 bits per heavy atom. The third-order valence-electron chi connectivity index (χ3n) is 4.71. The standard InChI is InChI=1S/C23H42B/c1-5-9-12-14-17-20-23(21-18-15-13-10-6-2)24-22(8-4)19-16-11-7-3/h7-8,11,16,19,23H,5-6,9-10,12-15,17-18,20-21H2,1-4H3/b11-7-,19-16-,22-8+. The molecule has 0 spiro atoms. The van der Waals surface area contributed by atoms with Crippen molar-refractivity contribution >= 4 is 7.28 Å². The first-order valence-corrected chi connectivity index (χ1v) is 10.6. The molecule has 0 aliphatic carbocycles. The molecular weight excluding hydrogens is 287 g/mol. The molecule has 0 aliphatic rings. The van der Waals surface area contributed by atoms with Gasteiger partial charge in [-0.3, -0.25) is 0 Å². The summed E-state index contributed by atoms with van der Waals surface area (Å²) in [6, 6.07) is 0. The number of allylic oxidation sites excluding steroid dienone is 6. The Balaban J connectivity index is 4.31. The van der Waals surface area contributed by atoms with Gasteiger partial charge in [-0.1, -0.05) is 133 Å². The van der Waals surface area contributed by atoms with Gasteiger partial charge in [0, 0.05) is 0 Å². The molecule has 0 aliphatic heterocycles. The largest absolute Gasteiger partial charge is 0.154 e. The summed E-state index contributed by atoms with van der Waals surface area (Å²) in [6.07, 6.45) is 27.5. The van der Waals surface area contributed by atoms with Crippen LogP contribution in [0.4, 0.5) is 0 Å². The fraction of sp³-hybridized carbons (Fsp3) is 0.739. The molecule has 0 N–H and O–H groups in total. The monoisotopic (exact) mass is 329 g/mol. The third-order valence-corrected chi connectivity index (χ3v) is 4.71. The topological polar surface area (TPSA) is 0 Å². The smallest absolute Gasteiger partial charge is 0.0939 e. The fourth-order valence-corrected chi connectivity index (χ4v) is 3.13. The van der Waals surface area contributed by atoms with Crippen molar-refractivity contribution < 1.29 is 0 Å². The van der Waals surface area contributed by atoms with Gasteiger partial charge >= 0.3 is 0 Å². The third kappa shape index (κ3) is 14.9. The van der Waals surface area contributed by atoms with Gasteiger partial charge < -0.3 is 0 Å². The van der Waals surface area contributed by atoms with Gasteiger partial charge in [-0.05, 0) is 13.8 Å². The summed E-state index contributed by atoms with van der Waals surface area (Å²) in [4.78, 5) is 0. The number of hydrogen-bond acceptors (Lipinski definition) is 0. The Morgan fingerprint density at radius 1 is 0.750 bits per heavy atom. The van der Waals surface area contributed by atoms with Crippen LogP contribution in [0, 0.1) is 0 Å². The summed E-state index contributed by atoms with van der Waals surface area (Å²) in [5, 5.41) is 0. The first-order chi connectivity index (χ1) is 11.8. The van der Waals surface area contributed by atoms with Gasteiger partial charge in [0.2, 0.25) is 0 Å². The number of hydrogen-bond donors (Lipinski definition) is 0. The molecule has 0 rings (SSSR count). The molecule has 0 amide bonds. The van der Waals surface area contributed by atoms with E-state index in [0.717, 1.165) is 5.82 Å². The molecule has 24 heavy (non-hydrogen) atoms. The highest BCUT2D eigenvalue weighted by Gasteiger charge is 2.11. The SMILES string of the molecule is C\C=C/C=C\C([B]C(CCCCCCC)CCCCCCC)=C/C. The normalized spacial score (nSPS) is 12.8. The molecule has 137 valence electrons. The quantitative estimate of drug-likeness (QED) is 0.152. The molecule has 0 heterocycles. The van der Waals surface area contributed by atoms with Crippen LogP contribution in [0.1, 0.15) is 105 Å². The first-order valence-electron chi connectivity index (χ1n) is 10.6. The van der Waals surface area contributed by atoms with Crippen LogP contribution in [-0.2, 0) is 0 Å². The average molecular weight is 329 g/mol. The second-order valence-corrected chi connectivity index (χ2v) is 7.01. The zero-order chi connectivity index (χ0) is 17.9. The van der Waals surface area contributed by atoms with E-state index in [1.165, 1.54) is 82.5 Å². The molecule has 0 fully saturated rings. The van der Waals surface area contributed by atoms with E-state index in [-0.39, 0.29) is 0 Å². The Kier molecular flexibility index (Phi) is 18.1. The van der Waals surface area contributed by atoms with Gasteiger partial charge in [0.15, 0.2) is 7.28 Å². The van der Waals surface area contributed by atoms with Crippen LogP contribution in [0.15, 0.2) is 35.9 Å². The molecule has 0 saturated heterocycles. The fourth-order valence-electron chi connectivity index (χ4n) is 3.13. The summed E-state index contributed by atoms with van der Waals surface area (Å²) in [7, 11) is 2.53. The van der Waals surface area contributed by atoms with Gasteiger partial charge in [-0.2, -0.15) is 0 Å². The maximum Gasteiger partial charge on any atom is 0.154 e. The van der Waals surface area contributed by atoms with Crippen molar-refractivity contribution in [1.29, 1.82) is 0 Å². The molecule has 1 heteroatoms. The molecule has 0 aromatic carbocycles. The minimum Gasteiger partial charge on any atom is -0.0939 e. The van der Waals surface area contributed by atoms with E-state index < -0.39 is 0 Å². The van der Waals surface area contributed by atoms with Gasteiger partial charge in [0.25, 0.3) is 0 Å². The Bertz CT molecular complexity index is 324. The lowest BCUT2D eigenvalue weighted by atomic mass is 9.55.